The summed E-state index contributed by atoms with van der Waals surface area (Å²) in [5.74, 6) is -2.22. The Kier molecular flexibility index (Phi) is 4.71. The van der Waals surface area contributed by atoms with Gasteiger partial charge in [0.25, 0.3) is 0 Å². The van der Waals surface area contributed by atoms with Crippen LogP contribution in [0.3, 0.4) is 0 Å². The molecule has 1 atom stereocenters. The van der Waals surface area contributed by atoms with Crippen molar-refractivity contribution in [1.29, 1.82) is 0 Å². The molecule has 15 heavy (non-hydrogen) atoms. The number of carbonyl (C=O) groups is 2. The second-order valence-electron chi connectivity index (χ2n) is 3.60. The molecule has 0 bridgehead atoms. The number of carbonyl (C=O) groups excluding carboxylic acids is 1. The van der Waals surface area contributed by atoms with Gasteiger partial charge in [0.2, 0.25) is 0 Å². The maximum atomic E-state index is 11.0. The first-order valence-electron chi connectivity index (χ1n) is 5.07. The van der Waals surface area contributed by atoms with Gasteiger partial charge in [0.05, 0.1) is 13.2 Å². The van der Waals surface area contributed by atoms with Crippen molar-refractivity contribution in [3.05, 3.63) is 0 Å². The third-order valence-electron chi connectivity index (χ3n) is 2.41. The van der Waals surface area contributed by atoms with E-state index in [1.165, 1.54) is 6.92 Å². The Hall–Kier alpha value is -0.940. The lowest BCUT2D eigenvalue weighted by Gasteiger charge is -2.11. The topological polar surface area (TPSA) is 72.8 Å². The Morgan fingerprint density at radius 2 is 2.00 bits per heavy atom. The van der Waals surface area contributed by atoms with Gasteiger partial charge in [0, 0.05) is 0 Å². The molecular weight excluding hydrogens is 200 g/mol. The van der Waals surface area contributed by atoms with Crippen LogP contribution in [0.1, 0.15) is 26.2 Å². The van der Waals surface area contributed by atoms with Gasteiger partial charge in [-0.05, 0) is 26.2 Å². The third kappa shape index (κ3) is 3.97. The van der Waals surface area contributed by atoms with Crippen LogP contribution in [0.2, 0.25) is 0 Å². The van der Waals surface area contributed by atoms with Gasteiger partial charge in [0.15, 0.2) is 6.29 Å². The van der Waals surface area contributed by atoms with E-state index < -0.39 is 11.9 Å². The van der Waals surface area contributed by atoms with Crippen molar-refractivity contribution in [3.8, 4) is 0 Å². The minimum absolute atomic E-state index is 0.216. The average Bonchev–Trinajstić information content (AvgIpc) is 2.63. The zero-order chi connectivity index (χ0) is 11.3. The summed E-state index contributed by atoms with van der Waals surface area (Å²) in [7, 11) is 0. The molecule has 0 aromatic heterocycles. The smallest absolute Gasteiger partial charge is 0.314 e. The van der Waals surface area contributed by atoms with Gasteiger partial charge >= 0.3 is 5.97 Å². The fraction of sp³-hybridized carbons (Fsp3) is 0.800. The summed E-state index contributed by atoms with van der Waals surface area (Å²) in [6, 6.07) is 0. The minimum Gasteiger partial charge on any atom is -0.481 e. The van der Waals surface area contributed by atoms with Crippen LogP contribution in [-0.4, -0.2) is 36.4 Å². The van der Waals surface area contributed by atoms with Gasteiger partial charge in [-0.3, -0.25) is 9.59 Å². The molecule has 1 aliphatic rings. The molecule has 1 rings (SSSR count). The monoisotopic (exact) mass is 216 g/mol. The molecule has 1 saturated heterocycles. The van der Waals surface area contributed by atoms with Gasteiger partial charge in [0.1, 0.15) is 11.7 Å². The van der Waals surface area contributed by atoms with Crippen LogP contribution >= 0.6 is 0 Å². The van der Waals surface area contributed by atoms with E-state index in [-0.39, 0.29) is 12.1 Å². The lowest BCUT2D eigenvalue weighted by atomic mass is 9.98. The summed E-state index contributed by atoms with van der Waals surface area (Å²) in [6.07, 6.45) is 1.41. The van der Waals surface area contributed by atoms with Gasteiger partial charge in [-0.25, -0.2) is 0 Å². The molecule has 0 aliphatic carbocycles. The largest absolute Gasteiger partial charge is 0.481 e. The maximum Gasteiger partial charge on any atom is 0.314 e. The summed E-state index contributed by atoms with van der Waals surface area (Å²) in [4.78, 5) is 21.7. The van der Waals surface area contributed by atoms with Crippen molar-refractivity contribution in [2.45, 2.75) is 32.5 Å². The summed E-state index contributed by atoms with van der Waals surface area (Å²) in [5, 5.41) is 8.75. The first-order chi connectivity index (χ1) is 7.11. The van der Waals surface area contributed by atoms with E-state index >= 15 is 0 Å². The zero-order valence-electron chi connectivity index (χ0n) is 8.77. The maximum absolute atomic E-state index is 11.0. The number of ether oxygens (including phenoxy) is 2. The highest BCUT2D eigenvalue weighted by Gasteiger charge is 2.23. The molecule has 0 amide bonds. The first-order valence-corrected chi connectivity index (χ1v) is 5.07. The van der Waals surface area contributed by atoms with E-state index in [1.807, 2.05) is 0 Å². The molecule has 5 heteroatoms. The second-order valence-corrected chi connectivity index (χ2v) is 3.60. The molecule has 1 N–H and O–H groups in total. The highest BCUT2D eigenvalue weighted by atomic mass is 16.7. The number of hydrogen-bond acceptors (Lipinski definition) is 4. The molecular formula is C10H16O5. The quantitative estimate of drug-likeness (QED) is 0.665. The van der Waals surface area contributed by atoms with Crippen molar-refractivity contribution in [1.82, 2.24) is 0 Å². The number of ketones is 1. The van der Waals surface area contributed by atoms with Crippen molar-refractivity contribution in [2.24, 2.45) is 5.92 Å². The van der Waals surface area contributed by atoms with Crippen LogP contribution in [0, 0.1) is 5.92 Å². The molecule has 0 aromatic rings. The molecule has 0 radical (unpaired) electrons. The first kappa shape index (κ1) is 12.1. The van der Waals surface area contributed by atoms with Crippen molar-refractivity contribution in [2.75, 3.05) is 13.2 Å². The molecule has 1 fully saturated rings. The molecule has 5 nitrogen and oxygen atoms in total. The van der Waals surface area contributed by atoms with Crippen LogP contribution < -0.4 is 0 Å². The summed E-state index contributed by atoms with van der Waals surface area (Å²) in [5.41, 5.74) is 0. The van der Waals surface area contributed by atoms with Crippen molar-refractivity contribution < 1.29 is 24.2 Å². The summed E-state index contributed by atoms with van der Waals surface area (Å²) in [6.45, 7) is 2.50. The summed E-state index contributed by atoms with van der Waals surface area (Å²) < 4.78 is 10.4. The van der Waals surface area contributed by atoms with Gasteiger partial charge < -0.3 is 14.6 Å². The number of hydrogen-bond donors (Lipinski definition) is 1. The van der Waals surface area contributed by atoms with Crippen LogP contribution in [0.5, 0.6) is 0 Å². The standard InChI is InChI=1S/C10H16O5/c1-7(11)8(10(12)13)3-2-4-9-14-5-6-15-9/h8-9H,2-6H2,1H3,(H,12,13). The normalized spacial score (nSPS) is 19.0. The highest BCUT2D eigenvalue weighted by Crippen LogP contribution is 2.15. The van der Waals surface area contributed by atoms with Crippen LogP contribution in [0.4, 0.5) is 0 Å². The van der Waals surface area contributed by atoms with Crippen LogP contribution in [-0.2, 0) is 19.1 Å². The predicted octanol–water partition coefficient (Wildman–Crippen LogP) is 0.819. The van der Waals surface area contributed by atoms with Crippen molar-refractivity contribution in [3.63, 3.8) is 0 Å². The fourth-order valence-corrected chi connectivity index (χ4v) is 1.56. The lowest BCUT2D eigenvalue weighted by molar-refractivity contribution is -0.146. The zero-order valence-corrected chi connectivity index (χ0v) is 8.77. The van der Waals surface area contributed by atoms with E-state index in [1.54, 1.807) is 0 Å². The predicted molar refractivity (Wildman–Crippen MR) is 51.3 cm³/mol. The Morgan fingerprint density at radius 3 is 2.47 bits per heavy atom. The van der Waals surface area contributed by atoms with Gasteiger partial charge in [-0.2, -0.15) is 0 Å². The van der Waals surface area contributed by atoms with E-state index in [0.717, 1.165) is 0 Å². The Morgan fingerprint density at radius 1 is 1.40 bits per heavy atom. The number of Topliss-reactive ketones (excluding diaryl/α,β-unsaturated/α-hetero) is 1. The summed E-state index contributed by atoms with van der Waals surface area (Å²) >= 11 is 0. The Labute approximate surface area is 88.4 Å². The molecule has 0 spiro atoms. The minimum atomic E-state index is -1.05. The van der Waals surface area contributed by atoms with E-state index in [4.69, 9.17) is 14.6 Å². The van der Waals surface area contributed by atoms with E-state index in [0.29, 0.717) is 32.5 Å². The molecule has 0 aromatic carbocycles. The molecule has 1 unspecified atom stereocenters. The highest BCUT2D eigenvalue weighted by molar-refractivity contribution is 5.96. The molecule has 86 valence electrons. The fourth-order valence-electron chi connectivity index (χ4n) is 1.56. The number of aliphatic carboxylic acids is 1. The number of rotatable bonds is 6. The second kappa shape index (κ2) is 5.82. The third-order valence-corrected chi connectivity index (χ3v) is 2.41. The van der Waals surface area contributed by atoms with E-state index in [9.17, 15) is 9.59 Å². The Balaban J connectivity index is 2.21. The SMILES string of the molecule is CC(=O)C(CCCC1OCCO1)C(=O)O. The van der Waals surface area contributed by atoms with Crippen LogP contribution in [0.15, 0.2) is 0 Å². The Bertz CT molecular complexity index is 218. The average molecular weight is 216 g/mol. The van der Waals surface area contributed by atoms with Crippen LogP contribution in [0.25, 0.3) is 0 Å². The number of carboxylic acid groups (broad SMARTS) is 1. The van der Waals surface area contributed by atoms with Crippen molar-refractivity contribution >= 4 is 11.8 Å². The molecule has 1 heterocycles. The van der Waals surface area contributed by atoms with Gasteiger partial charge in [-0.15, -0.1) is 0 Å². The molecule has 0 saturated carbocycles. The van der Waals surface area contributed by atoms with E-state index in [2.05, 4.69) is 0 Å². The van der Waals surface area contributed by atoms with Gasteiger partial charge in [-0.1, -0.05) is 0 Å². The number of carboxylic acids is 1. The molecule has 1 aliphatic heterocycles. The lowest BCUT2D eigenvalue weighted by Crippen LogP contribution is -2.22.